The van der Waals surface area contributed by atoms with Gasteiger partial charge in [0.15, 0.2) is 12.4 Å². The standard InChI is InChI=1S/C26H24N2O4/c29-23(19-7-2-1-3-8-19)16-27-26(31)22-11-4-5-12-24(22)32-17-25(30)28-21-14-13-18-9-6-10-20(18)15-21/h1-5,7-8,11-15H,6,9-10,16-17H2,(H,27,31)(H,28,30). The van der Waals surface area contributed by atoms with E-state index in [9.17, 15) is 14.4 Å². The highest BCUT2D eigenvalue weighted by atomic mass is 16.5. The van der Waals surface area contributed by atoms with Crippen LogP contribution in [0.3, 0.4) is 0 Å². The van der Waals surface area contributed by atoms with Gasteiger partial charge < -0.3 is 15.4 Å². The molecule has 2 amide bonds. The van der Waals surface area contributed by atoms with E-state index in [1.165, 1.54) is 11.1 Å². The maximum absolute atomic E-state index is 12.6. The molecule has 1 aliphatic rings. The Morgan fingerprint density at radius 3 is 2.44 bits per heavy atom. The number of fused-ring (bicyclic) bond motifs is 1. The van der Waals surface area contributed by atoms with Gasteiger partial charge in [0.1, 0.15) is 5.75 Å². The van der Waals surface area contributed by atoms with E-state index < -0.39 is 5.91 Å². The summed E-state index contributed by atoms with van der Waals surface area (Å²) in [7, 11) is 0. The molecule has 0 heterocycles. The van der Waals surface area contributed by atoms with Gasteiger partial charge in [-0.2, -0.15) is 0 Å². The van der Waals surface area contributed by atoms with Crippen molar-refractivity contribution in [2.24, 2.45) is 0 Å². The van der Waals surface area contributed by atoms with Gasteiger partial charge in [-0.05, 0) is 54.7 Å². The van der Waals surface area contributed by atoms with Gasteiger partial charge in [-0.3, -0.25) is 14.4 Å². The highest BCUT2D eigenvalue weighted by Crippen LogP contribution is 2.25. The second-order valence-corrected chi connectivity index (χ2v) is 7.64. The number of benzene rings is 3. The monoisotopic (exact) mass is 428 g/mol. The fourth-order valence-electron chi connectivity index (χ4n) is 3.75. The van der Waals surface area contributed by atoms with Gasteiger partial charge in [-0.15, -0.1) is 0 Å². The van der Waals surface area contributed by atoms with Crippen LogP contribution in [0.1, 0.15) is 38.3 Å². The number of amides is 2. The van der Waals surface area contributed by atoms with Crippen molar-refractivity contribution >= 4 is 23.3 Å². The lowest BCUT2D eigenvalue weighted by Crippen LogP contribution is -2.30. The number of Topliss-reactive ketones (excluding diaryl/α,β-unsaturated/α-hetero) is 1. The van der Waals surface area contributed by atoms with Crippen molar-refractivity contribution in [3.05, 3.63) is 95.1 Å². The minimum absolute atomic E-state index is 0.129. The molecule has 0 atom stereocenters. The topological polar surface area (TPSA) is 84.5 Å². The first-order valence-corrected chi connectivity index (χ1v) is 10.6. The molecule has 0 spiro atoms. The van der Waals surface area contributed by atoms with Gasteiger partial charge in [0, 0.05) is 11.3 Å². The van der Waals surface area contributed by atoms with Gasteiger partial charge >= 0.3 is 0 Å². The van der Waals surface area contributed by atoms with E-state index in [1.54, 1.807) is 48.5 Å². The zero-order chi connectivity index (χ0) is 22.3. The molecule has 6 heteroatoms. The SMILES string of the molecule is O=C(COc1ccccc1C(=O)NCC(=O)c1ccccc1)Nc1ccc2c(c1)CCC2. The maximum Gasteiger partial charge on any atom is 0.262 e. The number of para-hydroxylation sites is 1. The Kier molecular flexibility index (Phi) is 6.60. The Morgan fingerprint density at radius 2 is 1.59 bits per heavy atom. The average Bonchev–Trinajstić information content (AvgIpc) is 3.29. The molecule has 3 aromatic carbocycles. The molecule has 0 radical (unpaired) electrons. The smallest absolute Gasteiger partial charge is 0.262 e. The lowest BCUT2D eigenvalue weighted by Gasteiger charge is -2.12. The first-order valence-electron chi connectivity index (χ1n) is 10.6. The molecule has 0 unspecified atom stereocenters. The van der Waals surface area contributed by atoms with E-state index >= 15 is 0 Å². The van der Waals surface area contributed by atoms with Gasteiger partial charge in [-0.1, -0.05) is 48.5 Å². The molecular weight excluding hydrogens is 404 g/mol. The number of ketones is 1. The molecule has 0 saturated carbocycles. The van der Waals surface area contributed by atoms with Crippen molar-refractivity contribution in [2.75, 3.05) is 18.5 Å². The molecule has 4 rings (SSSR count). The summed E-state index contributed by atoms with van der Waals surface area (Å²) in [5.41, 5.74) is 4.14. The minimum Gasteiger partial charge on any atom is -0.483 e. The van der Waals surface area contributed by atoms with Crippen LogP contribution in [0.4, 0.5) is 5.69 Å². The first-order chi connectivity index (χ1) is 15.6. The number of aryl methyl sites for hydroxylation is 2. The third-order valence-electron chi connectivity index (χ3n) is 5.38. The normalized spacial score (nSPS) is 12.0. The number of nitrogens with one attached hydrogen (secondary N) is 2. The number of ether oxygens (including phenoxy) is 1. The number of carbonyl (C=O) groups excluding carboxylic acids is 3. The zero-order valence-corrected chi connectivity index (χ0v) is 17.6. The fourth-order valence-corrected chi connectivity index (χ4v) is 3.75. The Hall–Kier alpha value is -3.93. The van der Waals surface area contributed by atoms with E-state index in [2.05, 4.69) is 16.7 Å². The Bertz CT molecular complexity index is 1140. The van der Waals surface area contributed by atoms with Crippen LogP contribution in [0.2, 0.25) is 0 Å². The van der Waals surface area contributed by atoms with Gasteiger partial charge in [0.05, 0.1) is 12.1 Å². The van der Waals surface area contributed by atoms with Gasteiger partial charge in [0.2, 0.25) is 0 Å². The molecule has 1 aliphatic carbocycles. The second-order valence-electron chi connectivity index (χ2n) is 7.64. The molecule has 162 valence electrons. The second kappa shape index (κ2) is 9.92. The lowest BCUT2D eigenvalue weighted by atomic mass is 10.1. The first kappa shape index (κ1) is 21.3. The summed E-state index contributed by atoms with van der Waals surface area (Å²) in [5, 5.41) is 5.46. The van der Waals surface area contributed by atoms with Gasteiger partial charge in [0.25, 0.3) is 11.8 Å². The predicted molar refractivity (Wildman–Crippen MR) is 122 cm³/mol. The summed E-state index contributed by atoms with van der Waals surface area (Å²) in [6, 6.07) is 21.4. The van der Waals surface area contributed by atoms with Crippen molar-refractivity contribution in [1.82, 2.24) is 5.32 Å². The van der Waals surface area contributed by atoms with Crippen LogP contribution >= 0.6 is 0 Å². The molecule has 2 N–H and O–H groups in total. The highest BCUT2D eigenvalue weighted by Gasteiger charge is 2.16. The minimum atomic E-state index is -0.441. The predicted octanol–water partition coefficient (Wildman–Crippen LogP) is 3.81. The number of rotatable bonds is 8. The van der Waals surface area contributed by atoms with Crippen molar-refractivity contribution in [1.29, 1.82) is 0 Å². The van der Waals surface area contributed by atoms with Crippen LogP contribution in [-0.2, 0) is 17.6 Å². The van der Waals surface area contributed by atoms with E-state index in [4.69, 9.17) is 4.74 Å². The Balaban J connectivity index is 1.33. The molecule has 3 aromatic rings. The summed E-state index contributed by atoms with van der Waals surface area (Å²) in [5.74, 6) is -0.659. The quantitative estimate of drug-likeness (QED) is 0.535. The fraction of sp³-hybridized carbons (Fsp3) is 0.192. The molecule has 0 aromatic heterocycles. The molecule has 0 fully saturated rings. The van der Waals surface area contributed by atoms with E-state index in [0.29, 0.717) is 5.56 Å². The summed E-state index contributed by atoms with van der Waals surface area (Å²) < 4.78 is 5.62. The van der Waals surface area contributed by atoms with E-state index in [1.807, 2.05) is 18.2 Å². The molecular formula is C26H24N2O4. The van der Waals surface area contributed by atoms with Crippen molar-refractivity contribution < 1.29 is 19.1 Å². The summed E-state index contributed by atoms with van der Waals surface area (Å²) in [6.07, 6.45) is 3.26. The maximum atomic E-state index is 12.6. The Morgan fingerprint density at radius 1 is 0.844 bits per heavy atom. The van der Waals surface area contributed by atoms with Crippen molar-refractivity contribution in [3.63, 3.8) is 0 Å². The largest absolute Gasteiger partial charge is 0.483 e. The van der Waals surface area contributed by atoms with E-state index in [-0.39, 0.29) is 36.2 Å². The summed E-state index contributed by atoms with van der Waals surface area (Å²) in [4.78, 5) is 37.2. The van der Waals surface area contributed by atoms with Crippen molar-refractivity contribution in [3.8, 4) is 5.75 Å². The van der Waals surface area contributed by atoms with Crippen LogP contribution in [-0.4, -0.2) is 30.7 Å². The molecule has 0 bridgehead atoms. The number of hydrogen-bond acceptors (Lipinski definition) is 4. The van der Waals surface area contributed by atoms with Crippen LogP contribution in [0.25, 0.3) is 0 Å². The third kappa shape index (κ3) is 5.21. The molecule has 0 saturated heterocycles. The van der Waals surface area contributed by atoms with Crippen LogP contribution in [0, 0.1) is 0 Å². The summed E-state index contributed by atoms with van der Waals surface area (Å²) >= 11 is 0. The van der Waals surface area contributed by atoms with E-state index in [0.717, 1.165) is 24.9 Å². The third-order valence-corrected chi connectivity index (χ3v) is 5.38. The number of carbonyl (C=O) groups is 3. The summed E-state index contributed by atoms with van der Waals surface area (Å²) in [6.45, 7) is -0.361. The number of hydrogen-bond donors (Lipinski definition) is 2. The molecule has 6 nitrogen and oxygen atoms in total. The van der Waals surface area contributed by atoms with Crippen LogP contribution in [0.5, 0.6) is 5.75 Å². The van der Waals surface area contributed by atoms with Crippen molar-refractivity contribution in [2.45, 2.75) is 19.3 Å². The van der Waals surface area contributed by atoms with Gasteiger partial charge in [-0.25, -0.2) is 0 Å². The molecule has 32 heavy (non-hydrogen) atoms. The lowest BCUT2D eigenvalue weighted by molar-refractivity contribution is -0.118. The zero-order valence-electron chi connectivity index (χ0n) is 17.6. The highest BCUT2D eigenvalue weighted by molar-refractivity contribution is 6.03. The van der Waals surface area contributed by atoms with Crippen LogP contribution in [0.15, 0.2) is 72.8 Å². The Labute approximate surface area is 186 Å². The average molecular weight is 428 g/mol. The molecule has 0 aliphatic heterocycles. The number of anilines is 1. The van der Waals surface area contributed by atoms with Crippen LogP contribution < -0.4 is 15.4 Å².